The number of nitrogens with one attached hydrogen (secondary N) is 4. The molecule has 366 valence electrons. The summed E-state index contributed by atoms with van der Waals surface area (Å²) in [6.07, 6.45) is -1.63. The molecule has 0 aliphatic rings. The van der Waals surface area contributed by atoms with Gasteiger partial charge in [-0.1, -0.05) is 102 Å². The Bertz CT molecular complexity index is 1820. The van der Waals surface area contributed by atoms with Crippen LogP contribution < -0.4 is 21.3 Å². The van der Waals surface area contributed by atoms with Crippen molar-refractivity contribution >= 4 is 52.2 Å². The van der Waals surface area contributed by atoms with Crippen molar-refractivity contribution in [2.75, 3.05) is 0 Å². The standard InChI is InChI=1S/3C13H20ClNO.C13H18ClNO.CH4/c4*1-9(15-13(2,3)4)12(16)10-6-5-7-11(14)8-10;/h3*5-9,12,15-16H,1-4H3;5-9,15H,1-4H3;1H4/t2*9-,12+;9-,12-;;/m111../s1. The van der Waals surface area contributed by atoms with E-state index in [9.17, 15) is 20.1 Å². The molecule has 0 radical (unpaired) electrons. The maximum Gasteiger partial charge on any atom is 0.179 e. The van der Waals surface area contributed by atoms with Crippen LogP contribution in [0.1, 0.15) is 164 Å². The monoisotopic (exact) mass is 979 g/mol. The summed E-state index contributed by atoms with van der Waals surface area (Å²) in [7, 11) is 0. The van der Waals surface area contributed by atoms with Crippen LogP contribution in [0.2, 0.25) is 20.1 Å². The van der Waals surface area contributed by atoms with Crippen molar-refractivity contribution in [2.24, 2.45) is 0 Å². The third kappa shape index (κ3) is 27.1. The fourth-order valence-corrected chi connectivity index (χ4v) is 7.62. The number of carbonyl (C=O) groups excluding carboxylic acids is 1. The fraction of sp³-hybridized carbons (Fsp3) is 0.528. The molecule has 0 amide bonds. The van der Waals surface area contributed by atoms with Crippen LogP contribution >= 0.6 is 46.4 Å². The highest BCUT2D eigenvalue weighted by molar-refractivity contribution is 6.31. The molecule has 1 unspecified atom stereocenters. The number of benzene rings is 4. The molecule has 0 aromatic heterocycles. The fourth-order valence-electron chi connectivity index (χ4n) is 6.83. The lowest BCUT2D eigenvalue weighted by Gasteiger charge is -2.29. The minimum atomic E-state index is -0.544. The first-order chi connectivity index (χ1) is 29.2. The molecule has 0 fully saturated rings. The highest BCUT2D eigenvalue weighted by atomic mass is 35.5. The summed E-state index contributed by atoms with van der Waals surface area (Å²) in [5.41, 5.74) is 3.06. The average molecular weight is 981 g/mol. The van der Waals surface area contributed by atoms with Crippen LogP contribution in [0, 0.1) is 0 Å². The van der Waals surface area contributed by atoms with Crippen molar-refractivity contribution in [1.29, 1.82) is 0 Å². The predicted octanol–water partition coefficient (Wildman–Crippen LogP) is 13.4. The van der Waals surface area contributed by atoms with Gasteiger partial charge in [-0.25, -0.2) is 0 Å². The van der Waals surface area contributed by atoms with E-state index in [1.807, 2.05) is 84.9 Å². The Hall–Kier alpha value is -2.57. The van der Waals surface area contributed by atoms with Gasteiger partial charge in [0.2, 0.25) is 0 Å². The zero-order valence-corrected chi connectivity index (χ0v) is 44.1. The molecule has 7 N–H and O–H groups in total. The first-order valence-corrected chi connectivity index (χ1v) is 23.4. The van der Waals surface area contributed by atoms with Gasteiger partial charge in [0, 0.05) is 65.9 Å². The number of rotatable bonds is 12. The Kier molecular flexibility index (Phi) is 26.9. The normalized spacial score (nSPS) is 15.1. The number of carbonyl (C=O) groups is 1. The van der Waals surface area contributed by atoms with E-state index in [2.05, 4.69) is 83.6 Å². The van der Waals surface area contributed by atoms with Gasteiger partial charge in [0.15, 0.2) is 5.78 Å². The maximum absolute atomic E-state index is 12.1. The molecule has 0 spiro atoms. The minimum absolute atomic E-state index is 0. The van der Waals surface area contributed by atoms with Crippen molar-refractivity contribution in [2.45, 2.75) is 183 Å². The van der Waals surface area contributed by atoms with E-state index in [0.29, 0.717) is 25.7 Å². The number of ketones is 1. The quantitative estimate of drug-likeness (QED) is 0.0700. The van der Waals surface area contributed by atoms with Crippen LogP contribution in [0.5, 0.6) is 0 Å². The zero-order chi connectivity index (χ0) is 49.4. The van der Waals surface area contributed by atoms with Crippen molar-refractivity contribution in [3.63, 3.8) is 0 Å². The Morgan fingerprint density at radius 3 is 0.908 bits per heavy atom. The van der Waals surface area contributed by atoms with Crippen molar-refractivity contribution in [1.82, 2.24) is 21.3 Å². The Morgan fingerprint density at radius 1 is 0.431 bits per heavy atom. The maximum atomic E-state index is 12.1. The van der Waals surface area contributed by atoms with Crippen LogP contribution in [0.4, 0.5) is 0 Å². The summed E-state index contributed by atoms with van der Waals surface area (Å²) in [6.45, 7) is 32.6. The molecule has 8 nitrogen and oxygen atoms in total. The van der Waals surface area contributed by atoms with E-state index in [1.54, 1.807) is 60.7 Å². The SMILES string of the molecule is C.CC(NC(C)(C)C)C(=O)c1cccc(Cl)c1.C[C@@H](NC(C)(C)C)[C@@H](O)c1cccc(Cl)c1.C[C@@H](NC(C)(C)C)[C@H](O)c1cccc(Cl)c1.C[C@@H](NC(C)(C)C)[C@H](O)c1cccc(Cl)c1. The highest BCUT2D eigenvalue weighted by Gasteiger charge is 2.24. The molecular formula is C53H82Cl4N4O4. The predicted molar refractivity (Wildman–Crippen MR) is 281 cm³/mol. The summed E-state index contributed by atoms with van der Waals surface area (Å²) in [5, 5.41) is 46.3. The number of hydrogen-bond acceptors (Lipinski definition) is 8. The summed E-state index contributed by atoms with van der Waals surface area (Å²) in [6, 6.07) is 28.8. The molecule has 65 heavy (non-hydrogen) atoms. The van der Waals surface area contributed by atoms with Crippen LogP contribution in [-0.4, -0.2) is 67.4 Å². The molecule has 7 atom stereocenters. The van der Waals surface area contributed by atoms with Gasteiger partial charge in [0.05, 0.1) is 24.4 Å². The topological polar surface area (TPSA) is 126 Å². The van der Waals surface area contributed by atoms with E-state index in [4.69, 9.17) is 46.4 Å². The van der Waals surface area contributed by atoms with Crippen molar-refractivity contribution < 1.29 is 20.1 Å². The van der Waals surface area contributed by atoms with Crippen LogP contribution in [0.15, 0.2) is 97.1 Å². The molecule has 4 rings (SSSR count). The number of aliphatic hydroxyl groups is 3. The number of hydrogen-bond donors (Lipinski definition) is 7. The summed E-state index contributed by atoms with van der Waals surface area (Å²) in [5.74, 6) is 0.0671. The number of aliphatic hydroxyl groups excluding tert-OH is 3. The van der Waals surface area contributed by atoms with E-state index < -0.39 is 18.3 Å². The summed E-state index contributed by atoms with van der Waals surface area (Å²) in [4.78, 5) is 12.1. The van der Waals surface area contributed by atoms with Gasteiger partial charge in [-0.2, -0.15) is 0 Å². The molecule has 0 saturated carbocycles. The molecule has 12 heteroatoms. The average Bonchev–Trinajstić information content (AvgIpc) is 3.14. The smallest absolute Gasteiger partial charge is 0.179 e. The number of halogens is 4. The second-order valence-corrected chi connectivity index (χ2v) is 22.3. The van der Waals surface area contributed by atoms with Gasteiger partial charge < -0.3 is 36.6 Å². The third-order valence-electron chi connectivity index (χ3n) is 9.13. The van der Waals surface area contributed by atoms with Gasteiger partial charge >= 0.3 is 0 Å². The molecule has 0 aliphatic heterocycles. The van der Waals surface area contributed by atoms with Gasteiger partial charge in [0.1, 0.15) is 0 Å². The van der Waals surface area contributed by atoms with Crippen molar-refractivity contribution in [3.05, 3.63) is 139 Å². The summed E-state index contributed by atoms with van der Waals surface area (Å²) >= 11 is 23.5. The lowest BCUT2D eigenvalue weighted by atomic mass is 10.00. The van der Waals surface area contributed by atoms with E-state index in [1.165, 1.54) is 0 Å². The van der Waals surface area contributed by atoms with Crippen LogP contribution in [-0.2, 0) is 0 Å². The third-order valence-corrected chi connectivity index (χ3v) is 10.1. The lowest BCUT2D eigenvalue weighted by molar-refractivity contribution is 0.0935. The molecular weight excluding hydrogens is 898 g/mol. The molecule has 0 bridgehead atoms. The van der Waals surface area contributed by atoms with Crippen molar-refractivity contribution in [3.8, 4) is 0 Å². The summed E-state index contributed by atoms with van der Waals surface area (Å²) < 4.78 is 0. The molecule has 4 aromatic rings. The van der Waals surface area contributed by atoms with E-state index in [-0.39, 0.29) is 59.5 Å². The second kappa shape index (κ2) is 28.0. The zero-order valence-electron chi connectivity index (χ0n) is 41.0. The van der Waals surface area contributed by atoms with Gasteiger partial charge in [-0.3, -0.25) is 4.79 Å². The van der Waals surface area contributed by atoms with Gasteiger partial charge in [0.25, 0.3) is 0 Å². The number of Topliss-reactive ketones (excluding diaryl/α,β-unsaturated/α-hetero) is 1. The van der Waals surface area contributed by atoms with Gasteiger partial charge in [-0.15, -0.1) is 0 Å². The first-order valence-electron chi connectivity index (χ1n) is 21.9. The van der Waals surface area contributed by atoms with Gasteiger partial charge in [-0.05, 0) is 176 Å². The molecule has 0 heterocycles. The van der Waals surface area contributed by atoms with Crippen LogP contribution in [0.3, 0.4) is 0 Å². The van der Waals surface area contributed by atoms with Crippen LogP contribution in [0.25, 0.3) is 0 Å². The Balaban J connectivity index is 0.000000836. The van der Waals surface area contributed by atoms with E-state index in [0.717, 1.165) is 16.7 Å². The highest BCUT2D eigenvalue weighted by Crippen LogP contribution is 2.24. The lowest BCUT2D eigenvalue weighted by Crippen LogP contribution is -2.46. The first kappa shape index (κ1) is 62.4. The minimum Gasteiger partial charge on any atom is -0.387 e. The molecule has 0 saturated heterocycles. The van der Waals surface area contributed by atoms with E-state index >= 15 is 0 Å². The largest absolute Gasteiger partial charge is 0.387 e. The molecule has 0 aliphatic carbocycles. The Morgan fingerprint density at radius 2 is 0.677 bits per heavy atom. The second-order valence-electron chi connectivity index (χ2n) is 20.5. The molecule has 4 aromatic carbocycles. The Labute approximate surface area is 413 Å².